The molecule has 8 heteroatoms. The molecule has 0 aromatic carbocycles. The van der Waals surface area contributed by atoms with Crippen LogP contribution in [-0.4, -0.2) is 56.0 Å². The van der Waals surface area contributed by atoms with E-state index in [2.05, 4.69) is 20.3 Å². The molecule has 140 valence electrons. The van der Waals surface area contributed by atoms with Crippen molar-refractivity contribution in [1.29, 1.82) is 0 Å². The predicted molar refractivity (Wildman–Crippen MR) is 94.2 cm³/mol. The molecule has 1 aliphatic carbocycles. The van der Waals surface area contributed by atoms with Crippen molar-refractivity contribution in [2.45, 2.75) is 45.3 Å². The summed E-state index contributed by atoms with van der Waals surface area (Å²) in [6.45, 7) is 4.59. The first-order valence-corrected chi connectivity index (χ1v) is 9.31. The van der Waals surface area contributed by atoms with Gasteiger partial charge < -0.3 is 9.64 Å². The summed E-state index contributed by atoms with van der Waals surface area (Å²) in [5.74, 6) is 3.16. The van der Waals surface area contributed by atoms with Gasteiger partial charge >= 0.3 is 0 Å². The average molecular weight is 358 g/mol. The number of aryl methyl sites for hydroxylation is 2. The largest absolute Gasteiger partial charge is 0.377 e. The maximum absolute atomic E-state index is 12.7. The second kappa shape index (κ2) is 7.19. The van der Waals surface area contributed by atoms with Crippen LogP contribution in [-0.2, 0) is 22.7 Å². The molecule has 3 heterocycles. The molecule has 2 fully saturated rings. The fourth-order valence-electron chi connectivity index (χ4n) is 3.94. The topological polar surface area (TPSA) is 88.9 Å². The molecule has 1 amide bonds. The molecule has 1 aliphatic heterocycles. The highest BCUT2D eigenvalue weighted by molar-refractivity contribution is 5.76. The second-order valence-electron chi connectivity index (χ2n) is 7.51. The number of nitrogens with one attached hydrogen (secondary N) is 1. The molecule has 1 saturated heterocycles. The molecule has 2 aromatic heterocycles. The summed E-state index contributed by atoms with van der Waals surface area (Å²) in [7, 11) is 1.65. The SMILES string of the molecule is COCc1nc([C@H]2CN(C(=O)CCn3cc(C)cn3)C[C@@H]2C2CC2)n[nH]1. The quantitative estimate of drug-likeness (QED) is 0.810. The minimum absolute atomic E-state index is 0.193. The van der Waals surface area contributed by atoms with Crippen LogP contribution in [0, 0.1) is 18.8 Å². The Morgan fingerprint density at radius 1 is 1.38 bits per heavy atom. The zero-order valence-corrected chi connectivity index (χ0v) is 15.4. The van der Waals surface area contributed by atoms with Crippen LogP contribution in [0.1, 0.15) is 42.4 Å². The number of carbonyl (C=O) groups is 1. The third-order valence-corrected chi connectivity index (χ3v) is 5.42. The van der Waals surface area contributed by atoms with E-state index in [0.717, 1.165) is 23.8 Å². The number of methoxy groups -OCH3 is 1. The third-order valence-electron chi connectivity index (χ3n) is 5.42. The van der Waals surface area contributed by atoms with Crippen molar-refractivity contribution in [1.82, 2.24) is 29.9 Å². The van der Waals surface area contributed by atoms with Crippen LogP contribution in [0.15, 0.2) is 12.4 Å². The van der Waals surface area contributed by atoms with E-state index in [1.165, 1.54) is 12.8 Å². The van der Waals surface area contributed by atoms with Crippen LogP contribution in [0.25, 0.3) is 0 Å². The molecule has 1 N–H and O–H groups in total. The smallest absolute Gasteiger partial charge is 0.224 e. The van der Waals surface area contributed by atoms with Crippen molar-refractivity contribution in [2.75, 3.05) is 20.2 Å². The molecule has 2 aliphatic rings. The summed E-state index contributed by atoms with van der Waals surface area (Å²) in [5.41, 5.74) is 1.11. The Balaban J connectivity index is 1.40. The van der Waals surface area contributed by atoms with E-state index < -0.39 is 0 Å². The molecule has 8 nitrogen and oxygen atoms in total. The number of nitrogens with zero attached hydrogens (tertiary/aromatic N) is 5. The molecule has 0 radical (unpaired) electrons. The molecular formula is C18H26N6O2. The normalized spacial score (nSPS) is 22.9. The summed E-state index contributed by atoms with van der Waals surface area (Å²) in [4.78, 5) is 19.3. The van der Waals surface area contributed by atoms with Crippen molar-refractivity contribution in [3.8, 4) is 0 Å². The van der Waals surface area contributed by atoms with Crippen LogP contribution < -0.4 is 0 Å². The maximum Gasteiger partial charge on any atom is 0.224 e. The molecule has 2 aromatic rings. The van der Waals surface area contributed by atoms with Crippen LogP contribution in [0.3, 0.4) is 0 Å². The van der Waals surface area contributed by atoms with Gasteiger partial charge in [-0.05, 0) is 37.2 Å². The lowest BCUT2D eigenvalue weighted by Crippen LogP contribution is -2.30. The minimum atomic E-state index is 0.193. The molecule has 0 bridgehead atoms. The van der Waals surface area contributed by atoms with Crippen LogP contribution in [0.5, 0.6) is 0 Å². The fraction of sp³-hybridized carbons (Fsp3) is 0.667. The summed E-state index contributed by atoms with van der Waals surface area (Å²) in [6, 6.07) is 0. The number of rotatable bonds is 7. The summed E-state index contributed by atoms with van der Waals surface area (Å²) >= 11 is 0. The zero-order valence-electron chi connectivity index (χ0n) is 15.4. The van der Waals surface area contributed by atoms with E-state index in [1.807, 2.05) is 28.9 Å². The Morgan fingerprint density at radius 3 is 2.92 bits per heavy atom. The number of H-pyrrole nitrogens is 1. The van der Waals surface area contributed by atoms with Gasteiger partial charge in [0.1, 0.15) is 6.61 Å². The molecule has 2 atom stereocenters. The standard InChI is InChI=1S/C18H26N6O2/c1-12-7-19-24(8-12)6-5-17(25)23-9-14(13-3-4-13)15(10-23)18-20-16(11-26-2)21-22-18/h7-8,13-15H,3-6,9-11H2,1-2H3,(H,20,21,22)/t14-,15+/m1/s1. The van der Waals surface area contributed by atoms with Crippen molar-refractivity contribution in [3.63, 3.8) is 0 Å². The van der Waals surface area contributed by atoms with Gasteiger partial charge in [-0.3, -0.25) is 14.6 Å². The number of aromatic amines is 1. The van der Waals surface area contributed by atoms with E-state index in [4.69, 9.17) is 4.74 Å². The highest BCUT2D eigenvalue weighted by Crippen LogP contribution is 2.47. The maximum atomic E-state index is 12.7. The Labute approximate surface area is 152 Å². The van der Waals surface area contributed by atoms with Gasteiger partial charge in [0.2, 0.25) is 5.91 Å². The molecule has 0 spiro atoms. The van der Waals surface area contributed by atoms with Gasteiger partial charge in [-0.1, -0.05) is 0 Å². The number of ether oxygens (including phenoxy) is 1. The number of hydrogen-bond donors (Lipinski definition) is 1. The second-order valence-corrected chi connectivity index (χ2v) is 7.51. The van der Waals surface area contributed by atoms with Gasteiger partial charge in [-0.15, -0.1) is 0 Å². The summed E-state index contributed by atoms with van der Waals surface area (Å²) < 4.78 is 6.96. The highest BCUT2D eigenvalue weighted by Gasteiger charge is 2.45. The van der Waals surface area contributed by atoms with Gasteiger partial charge in [0, 0.05) is 45.3 Å². The monoisotopic (exact) mass is 358 g/mol. The molecule has 0 unspecified atom stereocenters. The van der Waals surface area contributed by atoms with Crippen LogP contribution in [0.2, 0.25) is 0 Å². The predicted octanol–water partition coefficient (Wildman–Crippen LogP) is 1.50. The fourth-order valence-corrected chi connectivity index (χ4v) is 3.94. The first kappa shape index (κ1) is 17.2. The van der Waals surface area contributed by atoms with Crippen molar-refractivity contribution in [2.24, 2.45) is 11.8 Å². The molecular weight excluding hydrogens is 332 g/mol. The lowest BCUT2D eigenvalue weighted by molar-refractivity contribution is -0.130. The van der Waals surface area contributed by atoms with E-state index in [9.17, 15) is 4.79 Å². The molecule has 1 saturated carbocycles. The first-order chi connectivity index (χ1) is 12.6. The number of aromatic nitrogens is 5. The lowest BCUT2D eigenvalue weighted by Gasteiger charge is -2.16. The Bertz CT molecular complexity index is 765. The van der Waals surface area contributed by atoms with Crippen LogP contribution in [0.4, 0.5) is 0 Å². The van der Waals surface area contributed by atoms with Gasteiger partial charge in [0.15, 0.2) is 11.6 Å². The highest BCUT2D eigenvalue weighted by atomic mass is 16.5. The third kappa shape index (κ3) is 3.65. The van der Waals surface area contributed by atoms with Crippen molar-refractivity contribution < 1.29 is 9.53 Å². The van der Waals surface area contributed by atoms with Crippen molar-refractivity contribution >= 4 is 5.91 Å². The Morgan fingerprint density at radius 2 is 2.23 bits per heavy atom. The van der Waals surface area contributed by atoms with Crippen LogP contribution >= 0.6 is 0 Å². The minimum Gasteiger partial charge on any atom is -0.377 e. The number of carbonyl (C=O) groups excluding carboxylic acids is 1. The number of likely N-dealkylation sites (tertiary alicyclic amines) is 1. The van der Waals surface area contributed by atoms with E-state index in [1.54, 1.807) is 7.11 Å². The molecule has 4 rings (SSSR count). The van der Waals surface area contributed by atoms with Gasteiger partial charge in [-0.2, -0.15) is 10.2 Å². The van der Waals surface area contributed by atoms with Gasteiger partial charge in [0.25, 0.3) is 0 Å². The van der Waals surface area contributed by atoms with E-state index in [-0.39, 0.29) is 11.8 Å². The summed E-state index contributed by atoms with van der Waals surface area (Å²) in [5, 5.41) is 11.6. The van der Waals surface area contributed by atoms with Gasteiger partial charge in [0.05, 0.1) is 6.20 Å². The Hall–Kier alpha value is -2.22. The number of hydrogen-bond acceptors (Lipinski definition) is 5. The first-order valence-electron chi connectivity index (χ1n) is 9.31. The lowest BCUT2D eigenvalue weighted by atomic mass is 9.91. The van der Waals surface area contributed by atoms with E-state index >= 15 is 0 Å². The molecule has 26 heavy (non-hydrogen) atoms. The summed E-state index contributed by atoms with van der Waals surface area (Å²) in [6.07, 6.45) is 6.78. The average Bonchev–Trinajstić information content (AvgIpc) is 3.03. The van der Waals surface area contributed by atoms with Gasteiger partial charge in [-0.25, -0.2) is 4.98 Å². The Kier molecular flexibility index (Phi) is 4.76. The van der Waals surface area contributed by atoms with Crippen molar-refractivity contribution in [3.05, 3.63) is 29.6 Å². The number of amides is 1. The van der Waals surface area contributed by atoms with E-state index in [0.29, 0.717) is 38.0 Å². The zero-order chi connectivity index (χ0) is 18.1.